The van der Waals surface area contributed by atoms with Crippen molar-refractivity contribution in [1.29, 1.82) is 0 Å². The molecule has 0 aliphatic carbocycles. The Morgan fingerprint density at radius 3 is 2.14 bits per heavy atom. The zero-order chi connectivity index (χ0) is 11.4. The van der Waals surface area contributed by atoms with Crippen molar-refractivity contribution in [2.75, 3.05) is 0 Å². The van der Waals surface area contributed by atoms with Crippen molar-refractivity contribution < 1.29 is 4.79 Å². The highest BCUT2D eigenvalue weighted by Crippen LogP contribution is 2.36. The lowest BCUT2D eigenvalue weighted by atomic mass is 10.2. The molecule has 82 valence electrons. The van der Waals surface area contributed by atoms with Crippen LogP contribution in [0.5, 0.6) is 0 Å². The average molecular weight is 212 g/mol. The zero-order valence-electron chi connectivity index (χ0n) is 10.5. The Morgan fingerprint density at radius 1 is 1.29 bits per heavy atom. The standard InChI is InChI=1S/C12H24OSi/c1-7-8-9-10-11(13)14(5,6)12(2,3)4/h9-10H,7-8H2,1-6H3/b10-9+. The molecule has 14 heavy (non-hydrogen) atoms. The van der Waals surface area contributed by atoms with Crippen LogP contribution in [0.15, 0.2) is 12.2 Å². The fraction of sp³-hybridized carbons (Fsp3) is 0.750. The summed E-state index contributed by atoms with van der Waals surface area (Å²) in [6.45, 7) is 13.0. The number of carbonyl (C=O) groups excluding carboxylic acids is 1. The molecule has 0 fully saturated rings. The molecule has 0 radical (unpaired) electrons. The summed E-state index contributed by atoms with van der Waals surface area (Å²) in [5.74, 6) is 0. The van der Waals surface area contributed by atoms with Crippen LogP contribution in [0.25, 0.3) is 0 Å². The van der Waals surface area contributed by atoms with Crippen LogP contribution in [0.4, 0.5) is 0 Å². The predicted molar refractivity (Wildman–Crippen MR) is 66.3 cm³/mol. The van der Waals surface area contributed by atoms with Crippen LogP contribution >= 0.6 is 0 Å². The minimum Gasteiger partial charge on any atom is -0.301 e. The van der Waals surface area contributed by atoms with Gasteiger partial charge in [-0.05, 0) is 17.5 Å². The van der Waals surface area contributed by atoms with Gasteiger partial charge in [0.1, 0.15) is 13.5 Å². The smallest absolute Gasteiger partial charge is 0.137 e. The lowest BCUT2D eigenvalue weighted by Crippen LogP contribution is -2.45. The average Bonchev–Trinajstić information content (AvgIpc) is 2.02. The SMILES string of the molecule is CCC/C=C/C(=O)[Si](C)(C)C(C)(C)C. The van der Waals surface area contributed by atoms with Crippen LogP contribution in [0.2, 0.25) is 18.1 Å². The van der Waals surface area contributed by atoms with Crippen molar-refractivity contribution in [3.63, 3.8) is 0 Å². The molecule has 0 unspecified atom stereocenters. The number of hydrogen-bond acceptors (Lipinski definition) is 1. The van der Waals surface area contributed by atoms with E-state index in [1.807, 2.05) is 6.08 Å². The molecule has 0 aromatic carbocycles. The summed E-state index contributed by atoms with van der Waals surface area (Å²) < 4.78 is 0. The van der Waals surface area contributed by atoms with Crippen LogP contribution < -0.4 is 0 Å². The van der Waals surface area contributed by atoms with Crippen LogP contribution in [-0.4, -0.2) is 13.5 Å². The third-order valence-electron chi connectivity index (χ3n) is 3.22. The Hall–Kier alpha value is -0.373. The second-order valence-corrected chi connectivity index (χ2v) is 10.7. The maximum Gasteiger partial charge on any atom is 0.137 e. The van der Waals surface area contributed by atoms with E-state index < -0.39 is 8.07 Å². The second-order valence-electron chi connectivity index (χ2n) is 5.43. The van der Waals surface area contributed by atoms with Crippen LogP contribution in [0, 0.1) is 0 Å². The molecule has 0 spiro atoms. The van der Waals surface area contributed by atoms with Gasteiger partial charge in [0, 0.05) is 0 Å². The Bertz CT molecular complexity index is 221. The Kier molecular flexibility index (Phi) is 4.79. The molecular weight excluding hydrogens is 188 g/mol. The summed E-state index contributed by atoms with van der Waals surface area (Å²) in [4.78, 5) is 12.0. The first-order chi connectivity index (χ1) is 6.23. The van der Waals surface area contributed by atoms with Crippen LogP contribution in [0.1, 0.15) is 40.5 Å². The predicted octanol–water partition coefficient (Wildman–Crippen LogP) is 3.96. The van der Waals surface area contributed by atoms with Gasteiger partial charge in [0.2, 0.25) is 0 Å². The maximum atomic E-state index is 12.0. The normalized spacial score (nSPS) is 13.6. The highest BCUT2D eigenvalue weighted by Gasteiger charge is 2.40. The first kappa shape index (κ1) is 13.6. The molecule has 0 saturated heterocycles. The van der Waals surface area contributed by atoms with E-state index in [4.69, 9.17) is 0 Å². The largest absolute Gasteiger partial charge is 0.301 e. The van der Waals surface area contributed by atoms with E-state index in [9.17, 15) is 4.79 Å². The molecule has 0 saturated carbocycles. The maximum absolute atomic E-state index is 12.0. The number of allylic oxidation sites excluding steroid dienone is 2. The van der Waals surface area contributed by atoms with E-state index in [1.54, 1.807) is 6.08 Å². The fourth-order valence-corrected chi connectivity index (χ4v) is 2.21. The van der Waals surface area contributed by atoms with Gasteiger partial charge in [0.15, 0.2) is 0 Å². The molecule has 0 rings (SSSR count). The van der Waals surface area contributed by atoms with E-state index in [-0.39, 0.29) is 5.04 Å². The van der Waals surface area contributed by atoms with Gasteiger partial charge >= 0.3 is 0 Å². The van der Waals surface area contributed by atoms with Gasteiger partial charge in [0.25, 0.3) is 0 Å². The molecule has 0 aliphatic heterocycles. The van der Waals surface area contributed by atoms with E-state index >= 15 is 0 Å². The van der Waals surface area contributed by atoms with Gasteiger partial charge in [-0.1, -0.05) is 53.3 Å². The number of unbranched alkanes of at least 4 members (excludes halogenated alkanes) is 1. The first-order valence-corrected chi connectivity index (χ1v) is 8.44. The topological polar surface area (TPSA) is 17.1 Å². The minimum atomic E-state index is -1.78. The highest BCUT2D eigenvalue weighted by atomic mass is 28.3. The van der Waals surface area contributed by atoms with Gasteiger partial charge in [0.05, 0.1) is 0 Å². The Balaban J connectivity index is 4.52. The number of rotatable bonds is 4. The molecule has 0 aromatic heterocycles. The third-order valence-corrected chi connectivity index (χ3v) is 8.36. The molecule has 0 heterocycles. The van der Waals surface area contributed by atoms with E-state index in [2.05, 4.69) is 40.8 Å². The van der Waals surface area contributed by atoms with Crippen molar-refractivity contribution in [1.82, 2.24) is 0 Å². The van der Waals surface area contributed by atoms with Gasteiger partial charge < -0.3 is 4.79 Å². The summed E-state index contributed by atoms with van der Waals surface area (Å²) in [6, 6.07) is 0. The van der Waals surface area contributed by atoms with Gasteiger partial charge in [-0.2, -0.15) is 0 Å². The van der Waals surface area contributed by atoms with Crippen LogP contribution in [0.3, 0.4) is 0 Å². The van der Waals surface area contributed by atoms with Crippen LogP contribution in [-0.2, 0) is 4.79 Å². The Morgan fingerprint density at radius 2 is 1.79 bits per heavy atom. The van der Waals surface area contributed by atoms with E-state index in [0.29, 0.717) is 5.41 Å². The molecule has 2 heteroatoms. The molecule has 0 N–H and O–H groups in total. The molecule has 0 aliphatic rings. The van der Waals surface area contributed by atoms with Gasteiger partial charge in [-0.15, -0.1) is 0 Å². The molecule has 0 atom stereocenters. The number of hydrogen-bond donors (Lipinski definition) is 0. The molecule has 1 nitrogen and oxygen atoms in total. The summed E-state index contributed by atoms with van der Waals surface area (Å²) in [6.07, 6.45) is 5.95. The first-order valence-electron chi connectivity index (χ1n) is 5.44. The highest BCUT2D eigenvalue weighted by molar-refractivity contribution is 7.07. The van der Waals surface area contributed by atoms with Crippen molar-refractivity contribution in [3.8, 4) is 0 Å². The molecule has 0 amide bonds. The molecule has 0 bridgehead atoms. The van der Waals surface area contributed by atoms with E-state index in [1.165, 1.54) is 0 Å². The minimum absolute atomic E-state index is 0.153. The summed E-state index contributed by atoms with van der Waals surface area (Å²) in [5, 5.41) is 0.527. The van der Waals surface area contributed by atoms with Crippen molar-refractivity contribution >= 4 is 13.5 Å². The zero-order valence-corrected chi connectivity index (χ0v) is 11.5. The summed E-state index contributed by atoms with van der Waals surface area (Å²) >= 11 is 0. The fourth-order valence-electron chi connectivity index (χ4n) is 0.935. The van der Waals surface area contributed by atoms with Crippen molar-refractivity contribution in [3.05, 3.63) is 12.2 Å². The lowest BCUT2D eigenvalue weighted by Gasteiger charge is -2.34. The van der Waals surface area contributed by atoms with Crippen molar-refractivity contribution in [2.24, 2.45) is 0 Å². The number of carbonyl (C=O) groups is 1. The Labute approximate surface area is 89.6 Å². The molecular formula is C12H24OSi. The second kappa shape index (κ2) is 4.92. The quantitative estimate of drug-likeness (QED) is 0.509. The molecule has 0 aromatic rings. The summed E-state index contributed by atoms with van der Waals surface area (Å²) in [5.41, 5.74) is 0. The lowest BCUT2D eigenvalue weighted by molar-refractivity contribution is -0.108. The van der Waals surface area contributed by atoms with Crippen molar-refractivity contribution in [2.45, 2.75) is 58.7 Å². The van der Waals surface area contributed by atoms with Gasteiger partial charge in [-0.25, -0.2) is 0 Å². The van der Waals surface area contributed by atoms with E-state index in [0.717, 1.165) is 12.8 Å². The summed E-state index contributed by atoms with van der Waals surface area (Å²) in [7, 11) is -1.78. The monoisotopic (exact) mass is 212 g/mol. The third kappa shape index (κ3) is 3.41. The van der Waals surface area contributed by atoms with Gasteiger partial charge in [-0.3, -0.25) is 0 Å².